The number of aryl methyl sites for hydroxylation is 1. The molecule has 0 atom stereocenters. The maximum atomic E-state index is 6.01. The number of methoxy groups -OCH3 is 1. The SMILES string of the molecule is COc1cc2c(Oc3cccc(C)c3)ncnc2cc1OCCN1CCOCC1. The summed E-state index contributed by atoms with van der Waals surface area (Å²) in [7, 11) is 1.63. The van der Waals surface area contributed by atoms with E-state index in [1.807, 2.05) is 43.3 Å². The van der Waals surface area contributed by atoms with Gasteiger partial charge < -0.3 is 18.9 Å². The van der Waals surface area contributed by atoms with Gasteiger partial charge in [-0.05, 0) is 30.7 Å². The first-order chi connectivity index (χ1) is 14.2. The van der Waals surface area contributed by atoms with E-state index in [4.69, 9.17) is 18.9 Å². The van der Waals surface area contributed by atoms with Crippen LogP contribution in [0.15, 0.2) is 42.7 Å². The van der Waals surface area contributed by atoms with Gasteiger partial charge in [0.15, 0.2) is 11.5 Å². The molecule has 3 aromatic rings. The molecule has 0 amide bonds. The molecule has 1 aliphatic heterocycles. The van der Waals surface area contributed by atoms with Crippen molar-refractivity contribution in [1.29, 1.82) is 0 Å². The van der Waals surface area contributed by atoms with Crippen LogP contribution in [0.1, 0.15) is 5.56 Å². The zero-order valence-corrected chi connectivity index (χ0v) is 16.8. The number of hydrogen-bond acceptors (Lipinski definition) is 7. The first-order valence-corrected chi connectivity index (χ1v) is 9.73. The van der Waals surface area contributed by atoms with Gasteiger partial charge in [0.25, 0.3) is 0 Å². The Morgan fingerprint density at radius 1 is 1.07 bits per heavy atom. The van der Waals surface area contributed by atoms with Crippen molar-refractivity contribution in [2.75, 3.05) is 46.6 Å². The van der Waals surface area contributed by atoms with E-state index in [1.165, 1.54) is 6.33 Å². The van der Waals surface area contributed by atoms with Crippen LogP contribution in [0.25, 0.3) is 10.9 Å². The van der Waals surface area contributed by atoms with Gasteiger partial charge in [-0.3, -0.25) is 4.90 Å². The molecule has 7 heteroatoms. The molecule has 0 unspecified atom stereocenters. The maximum absolute atomic E-state index is 6.01. The summed E-state index contributed by atoms with van der Waals surface area (Å²) in [4.78, 5) is 11.0. The number of fused-ring (bicyclic) bond motifs is 1. The summed E-state index contributed by atoms with van der Waals surface area (Å²) in [6, 6.07) is 11.6. The molecule has 152 valence electrons. The molecule has 0 saturated carbocycles. The fourth-order valence-corrected chi connectivity index (χ4v) is 3.29. The summed E-state index contributed by atoms with van der Waals surface area (Å²) < 4.78 is 22.9. The number of morpholine rings is 1. The Balaban J connectivity index is 1.54. The van der Waals surface area contributed by atoms with Crippen molar-refractivity contribution in [2.24, 2.45) is 0 Å². The van der Waals surface area contributed by atoms with Gasteiger partial charge in [0, 0.05) is 25.7 Å². The highest BCUT2D eigenvalue weighted by atomic mass is 16.5. The fourth-order valence-electron chi connectivity index (χ4n) is 3.29. The van der Waals surface area contributed by atoms with Crippen molar-refractivity contribution >= 4 is 10.9 Å². The van der Waals surface area contributed by atoms with Crippen LogP contribution in [-0.2, 0) is 4.74 Å². The number of ether oxygens (including phenoxy) is 4. The van der Waals surface area contributed by atoms with E-state index in [0.29, 0.717) is 24.0 Å². The van der Waals surface area contributed by atoms with Crippen molar-refractivity contribution in [3.63, 3.8) is 0 Å². The summed E-state index contributed by atoms with van der Waals surface area (Å²) in [5, 5.41) is 0.770. The molecule has 1 fully saturated rings. The third-order valence-corrected chi connectivity index (χ3v) is 4.86. The van der Waals surface area contributed by atoms with Gasteiger partial charge in [-0.2, -0.15) is 0 Å². The molecule has 1 aromatic heterocycles. The average molecular weight is 395 g/mol. The molecule has 7 nitrogen and oxygen atoms in total. The number of nitrogens with zero attached hydrogens (tertiary/aromatic N) is 3. The van der Waals surface area contributed by atoms with E-state index in [1.54, 1.807) is 7.11 Å². The highest BCUT2D eigenvalue weighted by Gasteiger charge is 2.14. The molecular formula is C22H25N3O4. The molecule has 1 saturated heterocycles. The predicted molar refractivity (Wildman–Crippen MR) is 110 cm³/mol. The topological polar surface area (TPSA) is 65.9 Å². The van der Waals surface area contributed by atoms with Gasteiger partial charge in [-0.15, -0.1) is 0 Å². The molecule has 0 spiro atoms. The Hall–Kier alpha value is -2.90. The molecule has 29 heavy (non-hydrogen) atoms. The van der Waals surface area contributed by atoms with Crippen molar-refractivity contribution in [3.05, 3.63) is 48.3 Å². The van der Waals surface area contributed by atoms with Crippen LogP contribution >= 0.6 is 0 Å². The first-order valence-electron chi connectivity index (χ1n) is 9.73. The number of hydrogen-bond donors (Lipinski definition) is 0. The molecule has 0 bridgehead atoms. The minimum absolute atomic E-state index is 0.485. The average Bonchev–Trinajstić information content (AvgIpc) is 2.74. The third-order valence-electron chi connectivity index (χ3n) is 4.86. The van der Waals surface area contributed by atoms with Gasteiger partial charge in [-0.25, -0.2) is 9.97 Å². The second-order valence-corrected chi connectivity index (χ2v) is 6.92. The van der Waals surface area contributed by atoms with E-state index in [9.17, 15) is 0 Å². The van der Waals surface area contributed by atoms with Crippen LogP contribution in [0.4, 0.5) is 0 Å². The van der Waals surface area contributed by atoms with Crippen LogP contribution in [0.3, 0.4) is 0 Å². The van der Waals surface area contributed by atoms with Crippen LogP contribution < -0.4 is 14.2 Å². The third kappa shape index (κ3) is 4.75. The molecule has 2 aromatic carbocycles. The van der Waals surface area contributed by atoms with E-state index in [2.05, 4.69) is 14.9 Å². The van der Waals surface area contributed by atoms with Gasteiger partial charge in [0.2, 0.25) is 5.88 Å². The van der Waals surface area contributed by atoms with Crippen LogP contribution in [-0.4, -0.2) is 61.4 Å². The van der Waals surface area contributed by atoms with Crippen molar-refractivity contribution in [2.45, 2.75) is 6.92 Å². The standard InChI is InChI=1S/C22H25N3O4/c1-16-4-3-5-17(12-16)29-22-18-13-20(26-2)21(14-19(18)23-15-24-22)28-11-8-25-6-9-27-10-7-25/h3-5,12-15H,6-11H2,1-2H3. The van der Waals surface area contributed by atoms with E-state index in [0.717, 1.165) is 55.1 Å². The van der Waals surface area contributed by atoms with Crippen LogP contribution in [0, 0.1) is 6.92 Å². The Bertz CT molecular complexity index is 973. The summed E-state index contributed by atoms with van der Waals surface area (Å²) in [6.45, 7) is 6.86. The molecule has 0 N–H and O–H groups in total. The summed E-state index contributed by atoms with van der Waals surface area (Å²) >= 11 is 0. The zero-order chi connectivity index (χ0) is 20.1. The Kier molecular flexibility index (Phi) is 6.07. The zero-order valence-electron chi connectivity index (χ0n) is 16.8. The normalized spacial score (nSPS) is 14.7. The molecule has 4 rings (SSSR count). The fraction of sp³-hybridized carbons (Fsp3) is 0.364. The summed E-state index contributed by atoms with van der Waals surface area (Å²) in [6.07, 6.45) is 1.50. The van der Waals surface area contributed by atoms with Gasteiger partial charge in [0.1, 0.15) is 18.7 Å². The van der Waals surface area contributed by atoms with Crippen molar-refractivity contribution < 1.29 is 18.9 Å². The van der Waals surface area contributed by atoms with E-state index < -0.39 is 0 Å². The molecule has 0 aliphatic carbocycles. The van der Waals surface area contributed by atoms with Crippen LogP contribution in [0.2, 0.25) is 0 Å². The lowest BCUT2D eigenvalue weighted by atomic mass is 10.2. The lowest BCUT2D eigenvalue weighted by Crippen LogP contribution is -2.38. The Morgan fingerprint density at radius 3 is 2.72 bits per heavy atom. The smallest absolute Gasteiger partial charge is 0.230 e. The largest absolute Gasteiger partial charge is 0.493 e. The Labute approximate surface area is 170 Å². The molecule has 2 heterocycles. The highest BCUT2D eigenvalue weighted by Crippen LogP contribution is 2.36. The second kappa shape index (κ2) is 9.07. The lowest BCUT2D eigenvalue weighted by Gasteiger charge is -2.26. The molecule has 1 aliphatic rings. The number of benzene rings is 2. The molecular weight excluding hydrogens is 370 g/mol. The van der Waals surface area contributed by atoms with Crippen molar-refractivity contribution in [3.8, 4) is 23.1 Å². The van der Waals surface area contributed by atoms with E-state index >= 15 is 0 Å². The highest BCUT2D eigenvalue weighted by molar-refractivity contribution is 5.87. The van der Waals surface area contributed by atoms with Gasteiger partial charge in [0.05, 0.1) is 31.2 Å². The summed E-state index contributed by atoms with van der Waals surface area (Å²) in [5.74, 6) is 2.51. The van der Waals surface area contributed by atoms with Crippen LogP contribution in [0.5, 0.6) is 23.1 Å². The number of rotatable bonds is 7. The maximum Gasteiger partial charge on any atom is 0.230 e. The monoisotopic (exact) mass is 395 g/mol. The lowest BCUT2D eigenvalue weighted by molar-refractivity contribution is 0.0321. The first kappa shape index (κ1) is 19.4. The minimum atomic E-state index is 0.485. The van der Waals surface area contributed by atoms with Gasteiger partial charge >= 0.3 is 0 Å². The second-order valence-electron chi connectivity index (χ2n) is 6.92. The predicted octanol–water partition coefficient (Wildman–Crippen LogP) is 3.45. The quantitative estimate of drug-likeness (QED) is 0.607. The molecule has 0 radical (unpaired) electrons. The number of aromatic nitrogens is 2. The van der Waals surface area contributed by atoms with Crippen molar-refractivity contribution in [1.82, 2.24) is 14.9 Å². The minimum Gasteiger partial charge on any atom is -0.493 e. The summed E-state index contributed by atoms with van der Waals surface area (Å²) in [5.41, 5.74) is 1.86. The van der Waals surface area contributed by atoms with Gasteiger partial charge in [-0.1, -0.05) is 12.1 Å². The Morgan fingerprint density at radius 2 is 1.93 bits per heavy atom. The van der Waals surface area contributed by atoms with E-state index in [-0.39, 0.29) is 0 Å².